The van der Waals surface area contributed by atoms with Gasteiger partial charge in [0.05, 0.1) is 24.1 Å². The van der Waals surface area contributed by atoms with E-state index in [1.54, 1.807) is 0 Å². The van der Waals surface area contributed by atoms with Crippen molar-refractivity contribution in [1.82, 2.24) is 15.2 Å². The highest BCUT2D eigenvalue weighted by Crippen LogP contribution is 2.29. The van der Waals surface area contributed by atoms with E-state index in [-0.39, 0.29) is 6.10 Å². The van der Waals surface area contributed by atoms with Crippen molar-refractivity contribution in [2.24, 2.45) is 0 Å². The van der Waals surface area contributed by atoms with Gasteiger partial charge in [-0.25, -0.2) is 0 Å². The first-order valence-electron chi connectivity index (χ1n) is 13.6. The molecule has 6 heteroatoms. The van der Waals surface area contributed by atoms with E-state index in [9.17, 15) is 0 Å². The maximum atomic E-state index is 5.90. The van der Waals surface area contributed by atoms with E-state index in [1.807, 2.05) is 54.7 Å². The van der Waals surface area contributed by atoms with E-state index in [0.717, 1.165) is 41.1 Å². The monoisotopic (exact) mass is 489 g/mol. The molecule has 2 aromatic heterocycles. The van der Waals surface area contributed by atoms with Gasteiger partial charge in [0.15, 0.2) is 0 Å². The molecule has 4 rings (SSSR count). The van der Waals surface area contributed by atoms with E-state index >= 15 is 0 Å². The van der Waals surface area contributed by atoms with Gasteiger partial charge in [0, 0.05) is 23.4 Å². The SMILES string of the molecule is CCCCCCCCOc1ccc(-c2ccc(-c3ccc(OC[C@@H]4O[C@H]4CCCC)cc3)nc2)nn1. The fourth-order valence-corrected chi connectivity index (χ4v) is 4.21. The Balaban J connectivity index is 1.22. The van der Waals surface area contributed by atoms with E-state index in [2.05, 4.69) is 29.0 Å². The molecule has 1 aliphatic heterocycles. The van der Waals surface area contributed by atoms with Gasteiger partial charge < -0.3 is 14.2 Å². The first-order chi connectivity index (χ1) is 17.8. The molecule has 0 unspecified atom stereocenters. The largest absolute Gasteiger partial charge is 0.491 e. The van der Waals surface area contributed by atoms with E-state index < -0.39 is 0 Å². The van der Waals surface area contributed by atoms with Crippen LogP contribution in [0.4, 0.5) is 0 Å². The Morgan fingerprint density at radius 1 is 0.694 bits per heavy atom. The molecule has 0 spiro atoms. The molecular weight excluding hydrogens is 450 g/mol. The summed E-state index contributed by atoms with van der Waals surface area (Å²) in [7, 11) is 0. The Hall–Kier alpha value is -2.99. The van der Waals surface area contributed by atoms with Crippen molar-refractivity contribution in [2.45, 2.75) is 83.8 Å². The van der Waals surface area contributed by atoms with Gasteiger partial charge in [0.25, 0.3) is 0 Å². The Morgan fingerprint density at radius 2 is 1.44 bits per heavy atom. The normalized spacial score (nSPS) is 16.6. The third-order valence-corrected chi connectivity index (χ3v) is 6.54. The highest BCUT2D eigenvalue weighted by atomic mass is 16.6. The minimum atomic E-state index is 0.245. The Kier molecular flexibility index (Phi) is 10.1. The van der Waals surface area contributed by atoms with E-state index in [4.69, 9.17) is 14.2 Å². The molecule has 0 saturated carbocycles. The lowest BCUT2D eigenvalue weighted by Gasteiger charge is -2.07. The van der Waals surface area contributed by atoms with Gasteiger partial charge in [-0.05, 0) is 55.3 Å². The number of ether oxygens (including phenoxy) is 3. The molecular formula is C30H39N3O3. The Morgan fingerprint density at radius 3 is 2.17 bits per heavy atom. The molecule has 1 saturated heterocycles. The predicted octanol–water partition coefficient (Wildman–Crippen LogP) is 7.28. The van der Waals surface area contributed by atoms with Gasteiger partial charge in [-0.2, -0.15) is 0 Å². The van der Waals surface area contributed by atoms with Crippen molar-refractivity contribution in [3.63, 3.8) is 0 Å². The second-order valence-corrected chi connectivity index (χ2v) is 9.50. The fraction of sp³-hybridized carbons (Fsp3) is 0.500. The Labute approximate surface area is 215 Å². The topological polar surface area (TPSA) is 69.7 Å². The highest BCUT2D eigenvalue weighted by molar-refractivity contribution is 5.64. The number of unbranched alkanes of at least 4 members (excludes halogenated alkanes) is 6. The summed E-state index contributed by atoms with van der Waals surface area (Å²) in [6.07, 6.45) is 13.5. The summed E-state index contributed by atoms with van der Waals surface area (Å²) >= 11 is 0. The van der Waals surface area contributed by atoms with Crippen LogP contribution in [0.2, 0.25) is 0 Å². The van der Waals surface area contributed by atoms with Crippen LogP contribution in [0.5, 0.6) is 11.6 Å². The van der Waals surface area contributed by atoms with E-state index in [0.29, 0.717) is 25.2 Å². The molecule has 3 aromatic rings. The quantitative estimate of drug-likeness (QED) is 0.155. The highest BCUT2D eigenvalue weighted by Gasteiger charge is 2.38. The number of pyridine rings is 1. The summed E-state index contributed by atoms with van der Waals surface area (Å²) in [5.74, 6) is 1.43. The predicted molar refractivity (Wildman–Crippen MR) is 143 cm³/mol. The molecule has 1 aliphatic rings. The fourth-order valence-electron chi connectivity index (χ4n) is 4.21. The molecule has 1 aromatic carbocycles. The first-order valence-corrected chi connectivity index (χ1v) is 13.6. The summed E-state index contributed by atoms with van der Waals surface area (Å²) in [6, 6.07) is 15.9. The molecule has 0 aliphatic carbocycles. The van der Waals surface area contributed by atoms with Crippen LogP contribution >= 0.6 is 0 Å². The Bertz CT molecular complexity index is 1020. The number of benzene rings is 1. The zero-order valence-corrected chi connectivity index (χ0v) is 21.7. The van der Waals surface area contributed by atoms with Gasteiger partial charge in [-0.1, -0.05) is 58.8 Å². The number of hydrogen-bond acceptors (Lipinski definition) is 6. The molecule has 0 N–H and O–H groups in total. The summed E-state index contributed by atoms with van der Waals surface area (Å²) in [6.45, 7) is 5.75. The first kappa shape index (κ1) is 26.1. The second kappa shape index (κ2) is 13.9. The lowest BCUT2D eigenvalue weighted by Crippen LogP contribution is -2.07. The minimum Gasteiger partial charge on any atom is -0.491 e. The van der Waals surface area contributed by atoms with Crippen molar-refractivity contribution in [2.75, 3.05) is 13.2 Å². The van der Waals surface area contributed by atoms with Crippen molar-refractivity contribution < 1.29 is 14.2 Å². The summed E-state index contributed by atoms with van der Waals surface area (Å²) < 4.78 is 17.3. The number of aromatic nitrogens is 3. The number of epoxide rings is 1. The third-order valence-electron chi connectivity index (χ3n) is 6.54. The number of nitrogens with zero attached hydrogens (tertiary/aromatic N) is 3. The maximum absolute atomic E-state index is 5.90. The summed E-state index contributed by atoms with van der Waals surface area (Å²) in [4.78, 5) is 4.63. The van der Waals surface area contributed by atoms with Crippen LogP contribution in [0.1, 0.15) is 71.6 Å². The second-order valence-electron chi connectivity index (χ2n) is 9.50. The van der Waals surface area contributed by atoms with Crippen LogP contribution in [0.3, 0.4) is 0 Å². The van der Waals surface area contributed by atoms with Crippen LogP contribution in [-0.4, -0.2) is 40.6 Å². The summed E-state index contributed by atoms with van der Waals surface area (Å²) in [5, 5.41) is 8.55. The van der Waals surface area contributed by atoms with Crippen molar-refractivity contribution >= 4 is 0 Å². The van der Waals surface area contributed by atoms with Crippen molar-refractivity contribution in [3.05, 3.63) is 54.7 Å². The third kappa shape index (κ3) is 8.02. The molecule has 192 valence electrons. The lowest BCUT2D eigenvalue weighted by molar-refractivity contribution is 0.259. The standard InChI is InChI=1S/C30H39N3O3/c1-3-5-7-8-9-10-20-34-30-19-18-27(32-33-30)24-14-17-26(31-21-24)23-12-15-25(16-13-23)35-22-29-28(36-29)11-6-4-2/h12-19,21,28-29H,3-11,20,22H2,1-2H3/t28-,29-/m0/s1. The van der Waals surface area contributed by atoms with Gasteiger partial charge in [0.1, 0.15) is 18.5 Å². The van der Waals surface area contributed by atoms with Gasteiger partial charge in [-0.15, -0.1) is 10.2 Å². The van der Waals surface area contributed by atoms with Crippen molar-refractivity contribution in [3.8, 4) is 34.1 Å². The van der Waals surface area contributed by atoms with Gasteiger partial charge in [0.2, 0.25) is 5.88 Å². The number of hydrogen-bond donors (Lipinski definition) is 0. The molecule has 0 amide bonds. The average Bonchev–Trinajstić information content (AvgIpc) is 3.69. The molecule has 0 radical (unpaired) electrons. The van der Waals surface area contributed by atoms with Crippen LogP contribution in [-0.2, 0) is 4.74 Å². The zero-order chi connectivity index (χ0) is 25.0. The van der Waals surface area contributed by atoms with Gasteiger partial charge in [-0.3, -0.25) is 4.98 Å². The molecule has 3 heterocycles. The van der Waals surface area contributed by atoms with Crippen LogP contribution < -0.4 is 9.47 Å². The van der Waals surface area contributed by atoms with Crippen molar-refractivity contribution in [1.29, 1.82) is 0 Å². The summed E-state index contributed by atoms with van der Waals surface area (Å²) in [5.41, 5.74) is 3.66. The molecule has 6 nitrogen and oxygen atoms in total. The van der Waals surface area contributed by atoms with Crippen LogP contribution in [0.25, 0.3) is 22.5 Å². The maximum Gasteiger partial charge on any atom is 0.233 e. The lowest BCUT2D eigenvalue weighted by atomic mass is 10.1. The van der Waals surface area contributed by atoms with Crippen LogP contribution in [0.15, 0.2) is 54.7 Å². The number of rotatable bonds is 16. The molecule has 36 heavy (non-hydrogen) atoms. The average molecular weight is 490 g/mol. The minimum absolute atomic E-state index is 0.245. The van der Waals surface area contributed by atoms with Crippen LogP contribution in [0, 0.1) is 0 Å². The van der Waals surface area contributed by atoms with E-state index in [1.165, 1.54) is 44.9 Å². The molecule has 0 bridgehead atoms. The van der Waals surface area contributed by atoms with Gasteiger partial charge >= 0.3 is 0 Å². The molecule has 2 atom stereocenters. The smallest absolute Gasteiger partial charge is 0.233 e. The zero-order valence-electron chi connectivity index (χ0n) is 21.7. The molecule has 1 fully saturated rings.